The number of thiocarbonyl (C=S) groups is 1. The Labute approximate surface area is 109 Å². The number of aliphatic hydroxyl groups excluding tert-OH is 2. The normalized spacial score (nSPS) is 10.9. The monoisotopic (exact) mass is 318 g/mol. The van der Waals surface area contributed by atoms with Crippen molar-refractivity contribution in [3.05, 3.63) is 20.6 Å². The minimum atomic E-state index is -0.167. The molecule has 0 aliphatic heterocycles. The Balaban J connectivity index is 2.83. The molecule has 2 heterocycles. The molecule has 0 unspecified atom stereocenters. The molecule has 7 heteroatoms. The highest BCUT2D eigenvalue weighted by Gasteiger charge is 2.18. The Morgan fingerprint density at radius 3 is 2.75 bits per heavy atom. The number of fused-ring (bicyclic) bond motifs is 1. The minimum absolute atomic E-state index is 0.157. The van der Waals surface area contributed by atoms with Gasteiger partial charge in [0.25, 0.3) is 0 Å². The van der Waals surface area contributed by atoms with Gasteiger partial charge in [0.15, 0.2) is 5.05 Å². The van der Waals surface area contributed by atoms with Gasteiger partial charge in [0.1, 0.15) is 4.83 Å². The van der Waals surface area contributed by atoms with Gasteiger partial charge >= 0.3 is 0 Å². The molecule has 2 N–H and O–H groups in total. The second-order valence-corrected chi connectivity index (χ2v) is 5.34. The molecular formula is C9H7BrN2O2S2. The summed E-state index contributed by atoms with van der Waals surface area (Å²) in [5, 5.41) is 27.0. The van der Waals surface area contributed by atoms with Crippen molar-refractivity contribution in [2.24, 2.45) is 0 Å². The minimum Gasteiger partial charge on any atom is -0.498 e. The van der Waals surface area contributed by atoms with Gasteiger partial charge in [0.05, 0.1) is 21.7 Å². The molecule has 2 aromatic rings. The van der Waals surface area contributed by atoms with Gasteiger partial charge in [-0.3, -0.25) is 0 Å². The summed E-state index contributed by atoms with van der Waals surface area (Å²) in [7, 11) is 0. The highest BCUT2D eigenvalue weighted by Crippen LogP contribution is 2.36. The van der Waals surface area contributed by atoms with Crippen LogP contribution in [-0.4, -0.2) is 25.5 Å². The molecule has 0 saturated heterocycles. The molecule has 2 aromatic heterocycles. The lowest BCUT2D eigenvalue weighted by atomic mass is 10.1. The molecule has 0 saturated carbocycles. The van der Waals surface area contributed by atoms with Gasteiger partial charge < -0.3 is 10.2 Å². The summed E-state index contributed by atoms with van der Waals surface area (Å²) < 4.78 is 0.710. The smallest absolute Gasteiger partial charge is 0.200 e. The molecule has 16 heavy (non-hydrogen) atoms. The summed E-state index contributed by atoms with van der Waals surface area (Å²) in [6, 6.07) is 0. The molecule has 0 bridgehead atoms. The van der Waals surface area contributed by atoms with Crippen LogP contribution in [0.1, 0.15) is 16.1 Å². The molecule has 0 aromatic carbocycles. The van der Waals surface area contributed by atoms with E-state index in [2.05, 4.69) is 26.1 Å². The number of aliphatic hydroxyl groups is 2. The molecule has 0 radical (unpaired) electrons. The molecule has 0 fully saturated rings. The fraction of sp³-hybridized carbons (Fsp3) is 0.222. The predicted octanol–water partition coefficient (Wildman–Crippen LogP) is 2.49. The summed E-state index contributed by atoms with van der Waals surface area (Å²) in [4.78, 5) is 1.26. The van der Waals surface area contributed by atoms with Crippen molar-refractivity contribution < 1.29 is 10.2 Å². The van der Waals surface area contributed by atoms with Gasteiger partial charge in [-0.2, -0.15) is 5.10 Å². The summed E-state index contributed by atoms with van der Waals surface area (Å²) in [5.41, 5.74) is 1.37. The van der Waals surface area contributed by atoms with Crippen LogP contribution in [0.4, 0.5) is 0 Å². The summed E-state index contributed by atoms with van der Waals surface area (Å²) in [6.45, 7) is 1.69. The van der Waals surface area contributed by atoms with E-state index in [0.29, 0.717) is 19.9 Å². The third-order valence-corrected chi connectivity index (χ3v) is 4.71. The van der Waals surface area contributed by atoms with Crippen molar-refractivity contribution in [3.8, 4) is 0 Å². The Morgan fingerprint density at radius 2 is 2.19 bits per heavy atom. The number of aryl methyl sites for hydroxylation is 1. The van der Waals surface area contributed by atoms with Crippen molar-refractivity contribution in [2.75, 3.05) is 0 Å². The lowest BCUT2D eigenvalue weighted by molar-refractivity contribution is 0.275. The molecule has 2 rings (SSSR count). The second-order valence-electron chi connectivity index (χ2n) is 3.16. The third kappa shape index (κ3) is 1.73. The van der Waals surface area contributed by atoms with Crippen LogP contribution in [0.2, 0.25) is 0 Å². The first-order valence-corrected chi connectivity index (χ1v) is 6.36. The van der Waals surface area contributed by atoms with Gasteiger partial charge in [-0.1, -0.05) is 0 Å². The summed E-state index contributed by atoms with van der Waals surface area (Å²) in [5.74, 6) is 0. The van der Waals surface area contributed by atoms with E-state index in [1.807, 2.05) is 6.92 Å². The third-order valence-electron chi connectivity index (χ3n) is 2.24. The van der Waals surface area contributed by atoms with Crippen LogP contribution in [0.15, 0.2) is 4.47 Å². The van der Waals surface area contributed by atoms with Crippen LogP contribution >= 0.6 is 39.5 Å². The average Bonchev–Trinajstić information content (AvgIpc) is 2.57. The van der Waals surface area contributed by atoms with Crippen LogP contribution in [0.5, 0.6) is 0 Å². The molecule has 4 nitrogen and oxygen atoms in total. The van der Waals surface area contributed by atoms with Crippen LogP contribution in [0.3, 0.4) is 0 Å². The van der Waals surface area contributed by atoms with Gasteiger partial charge in [0.2, 0.25) is 0 Å². The molecule has 0 amide bonds. The maximum absolute atomic E-state index is 9.34. The van der Waals surface area contributed by atoms with Crippen LogP contribution in [-0.2, 0) is 6.61 Å². The van der Waals surface area contributed by atoms with E-state index in [9.17, 15) is 5.11 Å². The fourth-order valence-corrected chi connectivity index (χ4v) is 3.72. The molecule has 0 spiro atoms. The Morgan fingerprint density at radius 1 is 1.50 bits per heavy atom. The maximum Gasteiger partial charge on any atom is 0.200 e. The van der Waals surface area contributed by atoms with Gasteiger partial charge in [-0.15, -0.1) is 16.4 Å². The topological polar surface area (TPSA) is 66.2 Å². The molecule has 0 aliphatic carbocycles. The predicted molar refractivity (Wildman–Crippen MR) is 70.1 cm³/mol. The first kappa shape index (κ1) is 11.8. The van der Waals surface area contributed by atoms with Crippen molar-refractivity contribution in [1.82, 2.24) is 10.2 Å². The number of aromatic nitrogens is 2. The number of thiophene rings is 1. The zero-order valence-electron chi connectivity index (χ0n) is 8.19. The standard InChI is InChI=1S/C9H7BrN2O2S2/c1-3-4(2-13)11-12-8-5(3)6(10)7(16-8)9(14)15/h13H,2H2,1H3,(H,14,15). The van der Waals surface area contributed by atoms with E-state index in [0.717, 1.165) is 10.9 Å². The maximum atomic E-state index is 9.34. The number of nitrogens with zero attached hydrogens (tertiary/aromatic N) is 2. The van der Waals surface area contributed by atoms with Crippen molar-refractivity contribution >= 4 is 54.8 Å². The van der Waals surface area contributed by atoms with Crippen LogP contribution in [0.25, 0.3) is 10.2 Å². The largest absolute Gasteiger partial charge is 0.498 e. The Hall–Kier alpha value is -0.630. The van der Waals surface area contributed by atoms with E-state index in [4.69, 9.17) is 17.3 Å². The van der Waals surface area contributed by atoms with Gasteiger partial charge in [0, 0.05) is 5.39 Å². The van der Waals surface area contributed by atoms with Crippen molar-refractivity contribution in [1.29, 1.82) is 0 Å². The Kier molecular flexibility index (Phi) is 3.20. The van der Waals surface area contributed by atoms with E-state index < -0.39 is 0 Å². The highest BCUT2D eigenvalue weighted by atomic mass is 79.9. The molecule has 0 atom stereocenters. The Bertz CT molecular complexity index is 582. The lowest BCUT2D eigenvalue weighted by Gasteiger charge is -2.01. The van der Waals surface area contributed by atoms with Gasteiger partial charge in [-0.25, -0.2) is 0 Å². The van der Waals surface area contributed by atoms with Crippen molar-refractivity contribution in [3.63, 3.8) is 0 Å². The average molecular weight is 319 g/mol. The van der Waals surface area contributed by atoms with Crippen molar-refractivity contribution in [2.45, 2.75) is 13.5 Å². The van der Waals surface area contributed by atoms with E-state index in [1.165, 1.54) is 11.3 Å². The first-order valence-electron chi connectivity index (χ1n) is 4.34. The zero-order valence-corrected chi connectivity index (χ0v) is 11.4. The summed E-state index contributed by atoms with van der Waals surface area (Å²) >= 11 is 9.39. The van der Waals surface area contributed by atoms with E-state index in [-0.39, 0.29) is 11.7 Å². The zero-order chi connectivity index (χ0) is 11.9. The van der Waals surface area contributed by atoms with E-state index in [1.54, 1.807) is 0 Å². The van der Waals surface area contributed by atoms with Crippen LogP contribution in [0, 0.1) is 6.92 Å². The number of rotatable bonds is 2. The molecular weight excluding hydrogens is 312 g/mol. The first-order chi connectivity index (χ1) is 7.56. The second kappa shape index (κ2) is 4.33. The summed E-state index contributed by atoms with van der Waals surface area (Å²) in [6.07, 6.45) is 0. The lowest BCUT2D eigenvalue weighted by Crippen LogP contribution is -1.96. The highest BCUT2D eigenvalue weighted by molar-refractivity contribution is 9.10. The van der Waals surface area contributed by atoms with Gasteiger partial charge in [-0.05, 0) is 40.6 Å². The molecule has 84 valence electrons. The SMILES string of the molecule is Cc1c(CO)nnc2sc(C(O)=S)c(Br)c12. The quantitative estimate of drug-likeness (QED) is 0.833. The molecule has 0 aliphatic rings. The van der Waals surface area contributed by atoms with E-state index >= 15 is 0 Å². The number of halogens is 1. The number of hydrogen-bond donors (Lipinski definition) is 2. The van der Waals surface area contributed by atoms with Crippen LogP contribution < -0.4 is 0 Å². The number of hydrogen-bond acceptors (Lipinski definition) is 5. The fourth-order valence-electron chi connectivity index (χ4n) is 1.41.